The second-order valence-corrected chi connectivity index (χ2v) is 6.26. The predicted molar refractivity (Wildman–Crippen MR) is 101 cm³/mol. The average molecular weight is 353 g/mol. The summed E-state index contributed by atoms with van der Waals surface area (Å²) in [4.78, 5) is 30.3. The van der Waals surface area contributed by atoms with E-state index in [1.807, 2.05) is 54.6 Å². The average Bonchev–Trinajstić information content (AvgIpc) is 2.63. The molecule has 1 N–H and O–H groups in total. The Balaban J connectivity index is 1.47. The van der Waals surface area contributed by atoms with Crippen LogP contribution in [0.3, 0.4) is 0 Å². The Bertz CT molecular complexity index is 768. The smallest absolute Gasteiger partial charge is 0.241 e. The molecule has 0 saturated carbocycles. The van der Waals surface area contributed by atoms with Crippen molar-refractivity contribution in [2.45, 2.75) is 19.4 Å². The first-order chi connectivity index (χ1) is 12.1. The van der Waals surface area contributed by atoms with Crippen LogP contribution in [0.2, 0.25) is 0 Å². The number of aliphatic imine (C=N–C) groups is 1. The molecule has 1 atom stereocenters. The summed E-state index contributed by atoms with van der Waals surface area (Å²) in [6.45, 7) is 0.912. The molecular formula is C19H19N3O2S. The maximum absolute atomic E-state index is 12.5. The summed E-state index contributed by atoms with van der Waals surface area (Å²) in [5.74, 6) is -0.465. The number of carbonyl (C=O) groups is 2. The van der Waals surface area contributed by atoms with E-state index in [1.54, 1.807) is 0 Å². The summed E-state index contributed by atoms with van der Waals surface area (Å²) in [5.41, 5.74) is 1.75. The van der Waals surface area contributed by atoms with E-state index in [-0.39, 0.29) is 22.8 Å². The van der Waals surface area contributed by atoms with Crippen molar-refractivity contribution in [1.82, 2.24) is 10.2 Å². The quantitative estimate of drug-likeness (QED) is 0.799. The Morgan fingerprint density at radius 1 is 1.24 bits per heavy atom. The number of hydrogen-bond acceptors (Lipinski definition) is 3. The molecule has 1 aliphatic heterocycles. The first kappa shape index (κ1) is 17.2. The van der Waals surface area contributed by atoms with Gasteiger partial charge in [0.1, 0.15) is 0 Å². The van der Waals surface area contributed by atoms with Crippen LogP contribution in [0, 0.1) is 5.92 Å². The number of thiocarbonyl (C=S) groups is 1. The van der Waals surface area contributed by atoms with E-state index in [0.29, 0.717) is 31.6 Å². The molecule has 128 valence electrons. The molecule has 6 heteroatoms. The molecule has 2 aliphatic rings. The fourth-order valence-electron chi connectivity index (χ4n) is 2.77. The molecule has 0 saturated heterocycles. The van der Waals surface area contributed by atoms with E-state index < -0.39 is 0 Å². The van der Waals surface area contributed by atoms with Crippen molar-refractivity contribution >= 4 is 34.9 Å². The molecule has 3 rings (SSSR count). The molecule has 1 aromatic rings. The van der Waals surface area contributed by atoms with Crippen LogP contribution in [-0.4, -0.2) is 34.1 Å². The van der Waals surface area contributed by atoms with Crippen molar-refractivity contribution in [3.8, 4) is 0 Å². The van der Waals surface area contributed by atoms with E-state index in [2.05, 4.69) is 10.3 Å². The molecule has 0 spiro atoms. The number of amides is 2. The molecule has 2 amide bonds. The first-order valence-electron chi connectivity index (χ1n) is 8.24. The van der Waals surface area contributed by atoms with Gasteiger partial charge in [-0.05, 0) is 30.3 Å². The van der Waals surface area contributed by atoms with E-state index >= 15 is 0 Å². The van der Waals surface area contributed by atoms with Crippen LogP contribution in [0.15, 0.2) is 59.6 Å². The summed E-state index contributed by atoms with van der Waals surface area (Å²) in [6.07, 6.45) is 8.20. The highest BCUT2D eigenvalue weighted by Crippen LogP contribution is 2.20. The Morgan fingerprint density at radius 2 is 2.04 bits per heavy atom. The molecule has 1 heterocycles. The summed E-state index contributed by atoms with van der Waals surface area (Å²) in [7, 11) is 0. The van der Waals surface area contributed by atoms with Crippen molar-refractivity contribution in [1.29, 1.82) is 0 Å². The van der Waals surface area contributed by atoms with Crippen molar-refractivity contribution in [3.63, 3.8) is 0 Å². The summed E-state index contributed by atoms with van der Waals surface area (Å²) in [6, 6.07) is 9.75. The molecule has 0 radical (unpaired) electrons. The number of benzene rings is 1. The number of carbonyl (C=O) groups excluding carboxylic acids is 2. The standard InChI is InChI=1S/C19H19N3O2S/c23-17(20-13-14-7-2-1-3-8-14)11-6-12-22-18(24)15-9-4-5-10-16(15)21-19(22)25/h1-5,7-10,15H,6,11-13H2,(H,20,23). The first-order valence-corrected chi connectivity index (χ1v) is 8.65. The highest BCUT2D eigenvalue weighted by Gasteiger charge is 2.33. The van der Waals surface area contributed by atoms with Gasteiger partial charge in [0.15, 0.2) is 0 Å². The Morgan fingerprint density at radius 3 is 2.84 bits per heavy atom. The second kappa shape index (κ2) is 7.98. The maximum Gasteiger partial charge on any atom is 0.241 e. The van der Waals surface area contributed by atoms with Crippen LogP contribution in [0.1, 0.15) is 18.4 Å². The van der Waals surface area contributed by atoms with E-state index in [0.717, 1.165) is 5.56 Å². The molecule has 1 aliphatic carbocycles. The minimum absolute atomic E-state index is 0.0380. The third-order valence-corrected chi connectivity index (χ3v) is 4.42. The third-order valence-electron chi connectivity index (χ3n) is 4.11. The summed E-state index contributed by atoms with van der Waals surface area (Å²) in [5, 5.41) is 3.16. The lowest BCUT2D eigenvalue weighted by atomic mass is 9.95. The Kier molecular flexibility index (Phi) is 5.50. The molecular weight excluding hydrogens is 334 g/mol. The predicted octanol–water partition coefficient (Wildman–Crippen LogP) is 2.39. The zero-order valence-electron chi connectivity index (χ0n) is 13.7. The lowest BCUT2D eigenvalue weighted by Crippen LogP contribution is -2.46. The molecule has 0 fully saturated rings. The third kappa shape index (κ3) is 4.28. The Labute approximate surface area is 152 Å². The number of rotatable bonds is 6. The van der Waals surface area contributed by atoms with Gasteiger partial charge in [-0.15, -0.1) is 0 Å². The SMILES string of the molecule is O=C(CCCN1C(=O)C2C=CC=CC2=NC1=S)NCc1ccccc1. The molecule has 25 heavy (non-hydrogen) atoms. The zero-order valence-corrected chi connectivity index (χ0v) is 14.5. The van der Waals surface area contributed by atoms with Crippen LogP contribution in [0.4, 0.5) is 0 Å². The lowest BCUT2D eigenvalue weighted by molar-refractivity contribution is -0.129. The molecule has 1 aromatic carbocycles. The normalized spacial score (nSPS) is 18.8. The zero-order chi connectivity index (χ0) is 17.6. The summed E-state index contributed by atoms with van der Waals surface area (Å²) < 4.78 is 0. The molecule has 1 unspecified atom stereocenters. The fraction of sp³-hybridized carbons (Fsp3) is 0.263. The van der Waals surface area contributed by atoms with Gasteiger partial charge in [-0.3, -0.25) is 14.5 Å². The van der Waals surface area contributed by atoms with Gasteiger partial charge in [0, 0.05) is 19.5 Å². The van der Waals surface area contributed by atoms with Crippen molar-refractivity contribution in [2.75, 3.05) is 6.54 Å². The van der Waals surface area contributed by atoms with Gasteiger partial charge in [0.05, 0.1) is 11.6 Å². The number of hydrogen-bond donors (Lipinski definition) is 1. The second-order valence-electron chi connectivity index (χ2n) is 5.90. The van der Waals surface area contributed by atoms with Crippen LogP contribution in [-0.2, 0) is 16.1 Å². The van der Waals surface area contributed by atoms with Gasteiger partial charge < -0.3 is 5.32 Å². The highest BCUT2D eigenvalue weighted by atomic mass is 32.1. The fourth-order valence-corrected chi connectivity index (χ4v) is 3.06. The van der Waals surface area contributed by atoms with Crippen LogP contribution in [0.5, 0.6) is 0 Å². The van der Waals surface area contributed by atoms with Crippen LogP contribution < -0.4 is 5.32 Å². The Hall–Kier alpha value is -2.60. The maximum atomic E-state index is 12.5. The number of nitrogens with zero attached hydrogens (tertiary/aromatic N) is 2. The van der Waals surface area contributed by atoms with Crippen LogP contribution >= 0.6 is 12.2 Å². The van der Waals surface area contributed by atoms with Crippen LogP contribution in [0.25, 0.3) is 0 Å². The molecule has 0 bridgehead atoms. The van der Waals surface area contributed by atoms with Gasteiger partial charge in [0.25, 0.3) is 0 Å². The van der Waals surface area contributed by atoms with Crippen molar-refractivity contribution < 1.29 is 9.59 Å². The monoisotopic (exact) mass is 353 g/mol. The highest BCUT2D eigenvalue weighted by molar-refractivity contribution is 7.80. The number of nitrogens with one attached hydrogen (secondary N) is 1. The minimum atomic E-state index is -0.358. The van der Waals surface area contributed by atoms with E-state index in [9.17, 15) is 9.59 Å². The number of allylic oxidation sites excluding steroid dienone is 3. The summed E-state index contributed by atoms with van der Waals surface area (Å²) >= 11 is 5.23. The lowest BCUT2D eigenvalue weighted by Gasteiger charge is -2.30. The topological polar surface area (TPSA) is 61.8 Å². The minimum Gasteiger partial charge on any atom is -0.352 e. The van der Waals surface area contributed by atoms with E-state index in [4.69, 9.17) is 12.2 Å². The number of fused-ring (bicyclic) bond motifs is 1. The van der Waals surface area contributed by atoms with Gasteiger partial charge >= 0.3 is 0 Å². The van der Waals surface area contributed by atoms with Gasteiger partial charge in [-0.2, -0.15) is 0 Å². The van der Waals surface area contributed by atoms with Gasteiger partial charge in [-0.25, -0.2) is 4.99 Å². The molecule has 0 aromatic heterocycles. The van der Waals surface area contributed by atoms with Gasteiger partial charge in [-0.1, -0.05) is 48.6 Å². The van der Waals surface area contributed by atoms with Crippen molar-refractivity contribution in [2.24, 2.45) is 10.9 Å². The van der Waals surface area contributed by atoms with Crippen molar-refractivity contribution in [3.05, 3.63) is 60.2 Å². The largest absolute Gasteiger partial charge is 0.352 e. The van der Waals surface area contributed by atoms with E-state index in [1.165, 1.54) is 4.90 Å². The van der Waals surface area contributed by atoms with Gasteiger partial charge in [0.2, 0.25) is 16.9 Å². The molecule has 5 nitrogen and oxygen atoms in total.